The van der Waals surface area contributed by atoms with Crippen LogP contribution in [0.5, 0.6) is 0 Å². The minimum absolute atomic E-state index is 0.0591. The van der Waals surface area contributed by atoms with E-state index in [0.717, 1.165) is 25.7 Å². The van der Waals surface area contributed by atoms with E-state index in [4.69, 9.17) is 9.57 Å². The number of rotatable bonds is 15. The number of hydrogen-bond donors (Lipinski definition) is 0. The smallest absolute Gasteiger partial charge is 0.311 e. The molecule has 4 heteroatoms. The average Bonchev–Trinajstić information content (AvgIpc) is 2.86. The molecule has 4 unspecified atom stereocenters. The monoisotopic (exact) mass is 509 g/mol. The van der Waals surface area contributed by atoms with E-state index >= 15 is 0 Å². The van der Waals surface area contributed by atoms with Gasteiger partial charge in [0.15, 0.2) is 0 Å². The van der Waals surface area contributed by atoms with Crippen LogP contribution in [0.4, 0.5) is 0 Å². The Morgan fingerprint density at radius 3 is 1.92 bits per heavy atom. The molecule has 206 valence electrons. The molecule has 0 saturated heterocycles. The summed E-state index contributed by atoms with van der Waals surface area (Å²) < 4.78 is 5.83. The highest BCUT2D eigenvalue weighted by molar-refractivity contribution is 5.73. The maximum Gasteiger partial charge on any atom is 0.311 e. The summed E-state index contributed by atoms with van der Waals surface area (Å²) in [6.45, 7) is 18.0. The van der Waals surface area contributed by atoms with Crippen molar-refractivity contribution in [2.75, 3.05) is 6.61 Å². The fourth-order valence-electron chi connectivity index (χ4n) is 4.96. The molecule has 0 aromatic heterocycles. The highest BCUT2D eigenvalue weighted by Gasteiger charge is 2.39. The van der Waals surface area contributed by atoms with Crippen molar-refractivity contribution in [3.63, 3.8) is 0 Å². The van der Waals surface area contributed by atoms with Crippen molar-refractivity contribution >= 4 is 5.97 Å². The van der Waals surface area contributed by atoms with Gasteiger partial charge < -0.3 is 4.74 Å². The van der Waals surface area contributed by atoms with Crippen molar-refractivity contribution in [2.45, 2.75) is 111 Å². The normalized spacial score (nSPS) is 15.4. The molecule has 0 aliphatic heterocycles. The zero-order valence-corrected chi connectivity index (χ0v) is 24.6. The fraction of sp³-hybridized carbons (Fsp3) is 0.606. The van der Waals surface area contributed by atoms with Crippen LogP contribution in [0.1, 0.15) is 111 Å². The van der Waals surface area contributed by atoms with Crippen molar-refractivity contribution < 1.29 is 14.4 Å². The molecule has 0 heterocycles. The molecule has 37 heavy (non-hydrogen) atoms. The molecule has 4 atom stereocenters. The second-order valence-corrected chi connectivity index (χ2v) is 11.7. The standard InChI is InChI=1S/C33H51NO3/c1-9-11-23-36-32(35)29(24-26(5)27-19-14-12-15-20-27)30(18-10-2)37-34(33(6,7)8)31(25(3)4)28-21-16-13-17-22-28/h12-17,19-22,25-26,29-31H,9-11,18,23-24H2,1-8H3. The highest BCUT2D eigenvalue weighted by Crippen LogP contribution is 2.38. The molecule has 2 aromatic carbocycles. The van der Waals surface area contributed by atoms with Crippen LogP contribution in [0.25, 0.3) is 0 Å². The van der Waals surface area contributed by atoms with Crippen LogP contribution < -0.4 is 0 Å². The Hall–Kier alpha value is -2.17. The number of hydroxylamine groups is 2. The third-order valence-corrected chi connectivity index (χ3v) is 6.98. The first-order chi connectivity index (χ1) is 17.6. The van der Waals surface area contributed by atoms with E-state index in [1.54, 1.807) is 0 Å². The SMILES string of the molecule is CCCCOC(=O)C(CC(C)c1ccccc1)C(CCC)ON(C(c1ccccc1)C(C)C)C(C)(C)C. The molecule has 0 aliphatic rings. The lowest BCUT2D eigenvalue weighted by Crippen LogP contribution is -2.49. The first-order valence-corrected chi connectivity index (χ1v) is 14.3. The zero-order valence-electron chi connectivity index (χ0n) is 24.6. The number of carbonyl (C=O) groups excluding carboxylic acids is 1. The lowest BCUT2D eigenvalue weighted by Gasteiger charge is -2.45. The van der Waals surface area contributed by atoms with E-state index in [1.165, 1.54) is 11.1 Å². The lowest BCUT2D eigenvalue weighted by atomic mass is 9.85. The molecule has 2 aromatic rings. The van der Waals surface area contributed by atoms with E-state index in [-0.39, 0.29) is 35.5 Å². The minimum atomic E-state index is -0.347. The molecule has 2 rings (SSSR count). The lowest BCUT2D eigenvalue weighted by molar-refractivity contribution is -0.284. The van der Waals surface area contributed by atoms with Crippen LogP contribution in [0, 0.1) is 11.8 Å². The van der Waals surface area contributed by atoms with Gasteiger partial charge in [-0.3, -0.25) is 9.63 Å². The number of esters is 1. The third kappa shape index (κ3) is 9.57. The van der Waals surface area contributed by atoms with Crippen molar-refractivity contribution in [3.05, 3.63) is 71.8 Å². The minimum Gasteiger partial charge on any atom is -0.465 e. The van der Waals surface area contributed by atoms with Gasteiger partial charge in [-0.25, -0.2) is 0 Å². The van der Waals surface area contributed by atoms with E-state index in [0.29, 0.717) is 18.9 Å². The summed E-state index contributed by atoms with van der Waals surface area (Å²) in [5.74, 6) is 0.0536. The van der Waals surface area contributed by atoms with Crippen LogP contribution >= 0.6 is 0 Å². The quantitative estimate of drug-likeness (QED) is 0.137. The van der Waals surface area contributed by atoms with Gasteiger partial charge in [-0.1, -0.05) is 108 Å². The number of benzene rings is 2. The van der Waals surface area contributed by atoms with Crippen LogP contribution in [-0.4, -0.2) is 29.3 Å². The van der Waals surface area contributed by atoms with Crippen molar-refractivity contribution in [3.8, 4) is 0 Å². The summed E-state index contributed by atoms with van der Waals surface area (Å²) in [5, 5.41) is 2.16. The number of hydrogen-bond acceptors (Lipinski definition) is 4. The maximum absolute atomic E-state index is 13.6. The van der Waals surface area contributed by atoms with E-state index in [9.17, 15) is 4.79 Å². The van der Waals surface area contributed by atoms with Gasteiger partial charge in [0, 0.05) is 5.54 Å². The van der Waals surface area contributed by atoms with Gasteiger partial charge >= 0.3 is 5.97 Å². The Morgan fingerprint density at radius 2 is 1.43 bits per heavy atom. The number of nitrogens with zero attached hydrogens (tertiary/aromatic N) is 1. The topological polar surface area (TPSA) is 38.8 Å². The summed E-state index contributed by atoms with van der Waals surface area (Å²) in [6.07, 6.45) is 4.02. The van der Waals surface area contributed by atoms with Gasteiger partial charge in [-0.2, -0.15) is 5.06 Å². The van der Waals surface area contributed by atoms with Gasteiger partial charge in [-0.05, 0) is 63.0 Å². The van der Waals surface area contributed by atoms with E-state index in [2.05, 4.69) is 115 Å². The van der Waals surface area contributed by atoms with Gasteiger partial charge in [0.05, 0.1) is 24.7 Å². The Morgan fingerprint density at radius 1 is 0.865 bits per heavy atom. The van der Waals surface area contributed by atoms with Gasteiger partial charge in [0.25, 0.3) is 0 Å². The molecule has 0 spiro atoms. The molecule has 0 radical (unpaired) electrons. The summed E-state index contributed by atoms with van der Waals surface area (Å²) in [6, 6.07) is 21.1. The largest absolute Gasteiger partial charge is 0.465 e. The Bertz CT molecular complexity index is 891. The summed E-state index contributed by atoms with van der Waals surface area (Å²) >= 11 is 0. The Kier molecular flexibility index (Phi) is 12.8. The Labute approximate surface area is 226 Å². The molecule has 0 N–H and O–H groups in total. The van der Waals surface area contributed by atoms with Gasteiger partial charge in [0.2, 0.25) is 0 Å². The summed E-state index contributed by atoms with van der Waals surface area (Å²) in [4.78, 5) is 20.6. The van der Waals surface area contributed by atoms with Crippen molar-refractivity contribution in [1.82, 2.24) is 5.06 Å². The maximum atomic E-state index is 13.6. The molecular formula is C33H51NO3. The zero-order chi connectivity index (χ0) is 27.4. The molecular weight excluding hydrogens is 458 g/mol. The Balaban J connectivity index is 2.44. The second kappa shape index (κ2) is 15.3. The van der Waals surface area contributed by atoms with Gasteiger partial charge in [-0.15, -0.1) is 0 Å². The predicted molar refractivity (Wildman–Crippen MR) is 154 cm³/mol. The van der Waals surface area contributed by atoms with Crippen LogP contribution in [0.15, 0.2) is 60.7 Å². The number of carbonyl (C=O) groups is 1. The van der Waals surface area contributed by atoms with Crippen molar-refractivity contribution in [2.24, 2.45) is 11.8 Å². The van der Waals surface area contributed by atoms with Crippen LogP contribution in [0.2, 0.25) is 0 Å². The highest BCUT2D eigenvalue weighted by atomic mass is 16.7. The molecule has 0 aliphatic carbocycles. The fourth-order valence-corrected chi connectivity index (χ4v) is 4.96. The molecule has 0 fully saturated rings. The van der Waals surface area contributed by atoms with Crippen molar-refractivity contribution in [1.29, 1.82) is 0 Å². The summed E-state index contributed by atoms with van der Waals surface area (Å²) in [7, 11) is 0. The number of unbranched alkanes of at least 4 members (excludes halogenated alkanes) is 1. The molecule has 0 saturated carbocycles. The molecule has 0 bridgehead atoms. The summed E-state index contributed by atoms with van der Waals surface area (Å²) in [5.41, 5.74) is 2.20. The van der Waals surface area contributed by atoms with Crippen LogP contribution in [-0.2, 0) is 14.4 Å². The third-order valence-electron chi connectivity index (χ3n) is 6.98. The second-order valence-electron chi connectivity index (χ2n) is 11.7. The molecule has 0 amide bonds. The molecule has 4 nitrogen and oxygen atoms in total. The van der Waals surface area contributed by atoms with Gasteiger partial charge in [0.1, 0.15) is 0 Å². The first-order valence-electron chi connectivity index (χ1n) is 14.3. The number of ether oxygens (including phenoxy) is 1. The predicted octanol–water partition coefficient (Wildman–Crippen LogP) is 8.74. The van der Waals surface area contributed by atoms with E-state index in [1.807, 2.05) is 6.07 Å². The van der Waals surface area contributed by atoms with E-state index < -0.39 is 0 Å². The first kappa shape index (κ1) is 31.1. The van der Waals surface area contributed by atoms with Crippen LogP contribution in [0.3, 0.4) is 0 Å². The average molecular weight is 510 g/mol.